The first-order valence-electron chi connectivity index (χ1n) is 13.1. The molecular formula is C32H32N4O4. The maximum absolute atomic E-state index is 13.6. The normalized spacial score (nSPS) is 11.5. The molecule has 40 heavy (non-hydrogen) atoms. The van der Waals surface area contributed by atoms with Gasteiger partial charge in [-0.3, -0.25) is 19.3 Å². The summed E-state index contributed by atoms with van der Waals surface area (Å²) in [6.45, 7) is 5.26. The van der Waals surface area contributed by atoms with Crippen LogP contribution in [0, 0.1) is 6.92 Å². The van der Waals surface area contributed by atoms with Crippen molar-refractivity contribution >= 4 is 28.1 Å². The van der Waals surface area contributed by atoms with Crippen molar-refractivity contribution in [2.45, 2.75) is 39.3 Å². The summed E-state index contributed by atoms with van der Waals surface area (Å²) in [6, 6.07) is 24.4. The van der Waals surface area contributed by atoms with E-state index in [1.807, 2.05) is 78.9 Å². The summed E-state index contributed by atoms with van der Waals surface area (Å²) in [4.78, 5) is 31.4. The van der Waals surface area contributed by atoms with Gasteiger partial charge in [0.1, 0.15) is 11.3 Å². The number of nitrogens with one attached hydrogen (secondary N) is 1. The van der Waals surface area contributed by atoms with Gasteiger partial charge in [-0.25, -0.2) is 4.68 Å². The van der Waals surface area contributed by atoms with Crippen molar-refractivity contribution in [3.8, 4) is 11.4 Å². The number of hydrogen-bond donors (Lipinski definition) is 2. The van der Waals surface area contributed by atoms with Crippen LogP contribution in [0.1, 0.15) is 35.5 Å². The standard InChI is InChI=1S/C32H32N4O4/c1-21-30(31(38)36(24-8-6-5-7-9-24)35(21)20-32(2,3)39)29(37)18-22-10-12-23(13-11-22)34-27-16-17-33-28-19-25(40-4)14-15-26(27)28/h5-17,19,39H,18,20H2,1-4H3,(H,33,34). The third kappa shape index (κ3) is 5.53. The highest BCUT2D eigenvalue weighted by Crippen LogP contribution is 2.28. The number of nitrogens with zero attached hydrogens (tertiary/aromatic N) is 3. The van der Waals surface area contributed by atoms with Crippen LogP contribution in [0.3, 0.4) is 0 Å². The van der Waals surface area contributed by atoms with Crippen LogP contribution < -0.4 is 15.6 Å². The van der Waals surface area contributed by atoms with Crippen molar-refractivity contribution < 1.29 is 14.6 Å². The van der Waals surface area contributed by atoms with Crippen molar-refractivity contribution in [1.29, 1.82) is 0 Å². The van der Waals surface area contributed by atoms with E-state index >= 15 is 0 Å². The van der Waals surface area contributed by atoms with Gasteiger partial charge in [0.2, 0.25) is 0 Å². The molecule has 0 radical (unpaired) electrons. The number of ketones is 1. The molecule has 0 amide bonds. The summed E-state index contributed by atoms with van der Waals surface area (Å²) in [7, 11) is 1.63. The molecule has 0 saturated heterocycles. The van der Waals surface area contributed by atoms with Crippen molar-refractivity contribution in [3.05, 3.63) is 112 Å². The predicted octanol–water partition coefficient (Wildman–Crippen LogP) is 5.44. The number of anilines is 2. The van der Waals surface area contributed by atoms with Gasteiger partial charge in [-0.1, -0.05) is 30.3 Å². The zero-order valence-electron chi connectivity index (χ0n) is 23.0. The highest BCUT2D eigenvalue weighted by atomic mass is 16.5. The van der Waals surface area contributed by atoms with Gasteiger partial charge < -0.3 is 15.2 Å². The topological polar surface area (TPSA) is 98.4 Å². The van der Waals surface area contributed by atoms with Gasteiger partial charge in [0.25, 0.3) is 5.56 Å². The fraction of sp³-hybridized carbons (Fsp3) is 0.219. The van der Waals surface area contributed by atoms with Gasteiger partial charge in [0.05, 0.1) is 30.5 Å². The van der Waals surface area contributed by atoms with E-state index in [-0.39, 0.29) is 24.3 Å². The molecule has 2 aromatic heterocycles. The van der Waals surface area contributed by atoms with Crippen LogP contribution >= 0.6 is 0 Å². The van der Waals surface area contributed by atoms with E-state index in [0.717, 1.165) is 33.6 Å². The average Bonchev–Trinajstić information content (AvgIpc) is 3.17. The molecule has 0 spiro atoms. The summed E-state index contributed by atoms with van der Waals surface area (Å²) in [5.74, 6) is 0.476. The van der Waals surface area contributed by atoms with Crippen LogP contribution in [0.4, 0.5) is 11.4 Å². The Bertz CT molecular complexity index is 1730. The number of rotatable bonds is 9. The molecule has 8 heteroatoms. The lowest BCUT2D eigenvalue weighted by Crippen LogP contribution is -2.32. The van der Waals surface area contributed by atoms with Crippen LogP contribution in [0.5, 0.6) is 5.75 Å². The van der Waals surface area contributed by atoms with Crippen molar-refractivity contribution in [2.75, 3.05) is 12.4 Å². The maximum atomic E-state index is 13.6. The largest absolute Gasteiger partial charge is 0.497 e. The first-order chi connectivity index (χ1) is 19.1. The molecule has 3 aromatic carbocycles. The molecule has 204 valence electrons. The van der Waals surface area contributed by atoms with Crippen molar-refractivity contribution in [2.24, 2.45) is 0 Å². The molecule has 5 rings (SSSR count). The molecule has 0 atom stereocenters. The number of hydrogen-bond acceptors (Lipinski definition) is 6. The van der Waals surface area contributed by atoms with E-state index < -0.39 is 11.2 Å². The highest BCUT2D eigenvalue weighted by Gasteiger charge is 2.26. The Morgan fingerprint density at radius 3 is 2.42 bits per heavy atom. The quantitative estimate of drug-likeness (QED) is 0.243. The molecule has 0 fully saturated rings. The average molecular weight is 537 g/mol. The Kier molecular flexibility index (Phi) is 7.28. The smallest absolute Gasteiger partial charge is 0.282 e. The molecule has 8 nitrogen and oxygen atoms in total. The van der Waals surface area contributed by atoms with E-state index in [4.69, 9.17) is 4.74 Å². The predicted molar refractivity (Wildman–Crippen MR) is 157 cm³/mol. The molecule has 5 aromatic rings. The molecule has 0 aliphatic carbocycles. The van der Waals surface area contributed by atoms with E-state index in [0.29, 0.717) is 11.4 Å². The van der Waals surface area contributed by atoms with Gasteiger partial charge in [-0.05, 0) is 68.8 Å². The molecule has 2 N–H and O–H groups in total. The molecule has 0 aliphatic rings. The summed E-state index contributed by atoms with van der Waals surface area (Å²) in [5.41, 5.74) is 3.20. The third-order valence-electron chi connectivity index (χ3n) is 6.76. The fourth-order valence-corrected chi connectivity index (χ4v) is 4.85. The van der Waals surface area contributed by atoms with Gasteiger partial charge in [0, 0.05) is 41.1 Å². The van der Waals surface area contributed by atoms with E-state index in [1.165, 1.54) is 4.68 Å². The van der Waals surface area contributed by atoms with Crippen molar-refractivity contribution in [3.63, 3.8) is 0 Å². The number of ether oxygens (including phenoxy) is 1. The van der Waals surface area contributed by atoms with Gasteiger partial charge in [-0.2, -0.15) is 0 Å². The number of aromatic nitrogens is 3. The maximum Gasteiger partial charge on any atom is 0.282 e. The molecule has 2 heterocycles. The van der Waals surface area contributed by atoms with E-state index in [1.54, 1.807) is 38.8 Å². The number of methoxy groups -OCH3 is 1. The lowest BCUT2D eigenvalue weighted by molar-refractivity contribution is 0.0546. The Balaban J connectivity index is 1.40. The van der Waals surface area contributed by atoms with E-state index in [9.17, 15) is 14.7 Å². The van der Waals surface area contributed by atoms with Crippen LogP contribution in [0.2, 0.25) is 0 Å². The van der Waals surface area contributed by atoms with Gasteiger partial charge >= 0.3 is 0 Å². The lowest BCUT2D eigenvalue weighted by Gasteiger charge is -2.22. The second kappa shape index (κ2) is 10.8. The SMILES string of the molecule is COc1ccc2c(Nc3ccc(CC(=O)c4c(C)n(CC(C)(C)O)n(-c5ccccc5)c4=O)cc3)ccnc2c1. The molecule has 0 saturated carbocycles. The number of Topliss-reactive ketones (excluding diaryl/α,β-unsaturated/α-hetero) is 1. The first-order valence-corrected chi connectivity index (χ1v) is 13.1. The summed E-state index contributed by atoms with van der Waals surface area (Å²) < 4.78 is 8.46. The van der Waals surface area contributed by atoms with Crippen LogP contribution in [-0.2, 0) is 13.0 Å². The minimum absolute atomic E-state index is 0.0790. The number of carbonyl (C=O) groups is 1. The number of aliphatic hydroxyl groups is 1. The van der Waals surface area contributed by atoms with Gasteiger partial charge in [-0.15, -0.1) is 0 Å². The number of carbonyl (C=O) groups excluding carboxylic acids is 1. The highest BCUT2D eigenvalue weighted by molar-refractivity contribution is 5.98. The van der Waals surface area contributed by atoms with Gasteiger partial charge in [0.15, 0.2) is 5.78 Å². The van der Waals surface area contributed by atoms with Crippen LogP contribution in [0.15, 0.2) is 89.9 Å². The Morgan fingerprint density at radius 1 is 1.02 bits per heavy atom. The zero-order chi connectivity index (χ0) is 28.4. The third-order valence-corrected chi connectivity index (χ3v) is 6.76. The molecular weight excluding hydrogens is 504 g/mol. The van der Waals surface area contributed by atoms with Crippen molar-refractivity contribution in [1.82, 2.24) is 14.3 Å². The fourth-order valence-electron chi connectivity index (χ4n) is 4.85. The number of fused-ring (bicyclic) bond motifs is 1. The molecule has 0 aliphatic heterocycles. The van der Waals surface area contributed by atoms with Crippen LogP contribution in [0.25, 0.3) is 16.6 Å². The number of pyridine rings is 1. The summed E-state index contributed by atoms with van der Waals surface area (Å²) >= 11 is 0. The second-order valence-corrected chi connectivity index (χ2v) is 10.4. The summed E-state index contributed by atoms with van der Waals surface area (Å²) in [5, 5.41) is 14.9. The second-order valence-electron chi connectivity index (χ2n) is 10.4. The molecule has 0 unspecified atom stereocenters. The summed E-state index contributed by atoms with van der Waals surface area (Å²) in [6.07, 6.45) is 1.82. The molecule has 0 bridgehead atoms. The Labute approximate surface area is 232 Å². The van der Waals surface area contributed by atoms with Crippen LogP contribution in [-0.4, -0.2) is 37.9 Å². The van der Waals surface area contributed by atoms with E-state index in [2.05, 4.69) is 10.3 Å². The zero-order valence-corrected chi connectivity index (χ0v) is 23.0. The minimum Gasteiger partial charge on any atom is -0.497 e. The monoisotopic (exact) mass is 536 g/mol. The lowest BCUT2D eigenvalue weighted by atomic mass is 10.0. The Morgan fingerprint density at radius 2 is 1.75 bits per heavy atom. The number of benzene rings is 3. The Hall–Kier alpha value is -4.69. The minimum atomic E-state index is -1.08. The number of para-hydroxylation sites is 1. The first kappa shape index (κ1) is 26.9.